The molecule has 0 N–H and O–H groups in total. The average molecular weight is 175 g/mol. The maximum atomic E-state index is 5.22. The highest BCUT2D eigenvalue weighted by Crippen LogP contribution is 2.38. The van der Waals surface area contributed by atoms with Crippen molar-refractivity contribution in [1.82, 2.24) is 0 Å². The molecule has 0 fully saturated rings. The Bertz CT molecular complexity index is 311. The van der Waals surface area contributed by atoms with Crippen LogP contribution in [0.25, 0.3) is 0 Å². The monoisotopic (exact) mass is 175 g/mol. The largest absolute Gasteiger partial charge is 0.444 e. The first-order chi connectivity index (χ1) is 6.43. The molecule has 0 spiro atoms. The van der Waals surface area contributed by atoms with Crippen LogP contribution in [0, 0.1) is 6.79 Å². The first-order valence-corrected chi connectivity index (χ1v) is 4.74. The zero-order valence-corrected chi connectivity index (χ0v) is 7.38. The minimum absolute atomic E-state index is 0.876. The molecule has 1 heterocycles. The Kier molecular flexibility index (Phi) is 1.48. The fraction of sp³-hybridized carbons (Fsp3) is 0.364. The Hall–Kier alpha value is -1.18. The van der Waals surface area contributed by atoms with Crippen molar-refractivity contribution in [1.29, 1.82) is 0 Å². The van der Waals surface area contributed by atoms with Gasteiger partial charge in [0, 0.05) is 0 Å². The van der Waals surface area contributed by atoms with E-state index in [0.717, 1.165) is 11.5 Å². The Balaban J connectivity index is 2.11. The molecule has 0 saturated carbocycles. The molecule has 0 amide bonds. The van der Waals surface area contributed by atoms with Crippen molar-refractivity contribution < 1.29 is 9.47 Å². The number of ether oxygens (including phenoxy) is 2. The molecule has 1 aliphatic carbocycles. The zero-order chi connectivity index (χ0) is 8.67. The summed E-state index contributed by atoms with van der Waals surface area (Å²) < 4.78 is 10.4. The van der Waals surface area contributed by atoms with Gasteiger partial charge in [0.1, 0.15) is 0 Å². The van der Waals surface area contributed by atoms with E-state index in [1.54, 1.807) is 0 Å². The van der Waals surface area contributed by atoms with Crippen LogP contribution in [0.2, 0.25) is 0 Å². The number of aryl methyl sites for hydroxylation is 2. The number of hydrogen-bond acceptors (Lipinski definition) is 2. The van der Waals surface area contributed by atoms with E-state index in [1.807, 2.05) is 0 Å². The molecule has 0 saturated heterocycles. The minimum atomic E-state index is 0.876. The highest BCUT2D eigenvalue weighted by molar-refractivity contribution is 5.50. The third-order valence-electron chi connectivity index (χ3n) is 2.76. The zero-order valence-electron chi connectivity index (χ0n) is 7.38. The first kappa shape index (κ1) is 7.25. The Labute approximate surface area is 77.5 Å². The number of benzene rings is 1. The van der Waals surface area contributed by atoms with Crippen LogP contribution in [-0.2, 0) is 12.8 Å². The van der Waals surface area contributed by atoms with Gasteiger partial charge >= 0.3 is 6.79 Å². The van der Waals surface area contributed by atoms with Crippen LogP contribution >= 0.6 is 0 Å². The molecule has 2 heteroatoms. The Morgan fingerprint density at radius 3 is 1.92 bits per heavy atom. The summed E-state index contributed by atoms with van der Waals surface area (Å²) in [5.41, 5.74) is 2.87. The molecule has 1 aliphatic heterocycles. The average Bonchev–Trinajstić information content (AvgIpc) is 2.61. The second-order valence-electron chi connectivity index (χ2n) is 3.61. The third-order valence-corrected chi connectivity index (χ3v) is 2.76. The molecule has 0 aromatic heterocycles. The maximum Gasteiger partial charge on any atom is 0.316 e. The summed E-state index contributed by atoms with van der Waals surface area (Å²) in [4.78, 5) is 0. The van der Waals surface area contributed by atoms with Crippen molar-refractivity contribution in [2.24, 2.45) is 0 Å². The van der Waals surface area contributed by atoms with Crippen molar-refractivity contribution in [3.63, 3.8) is 0 Å². The van der Waals surface area contributed by atoms with E-state index >= 15 is 0 Å². The molecule has 2 nitrogen and oxygen atoms in total. The molecule has 2 aliphatic rings. The number of rotatable bonds is 0. The molecule has 1 aromatic carbocycles. The molecule has 67 valence electrons. The van der Waals surface area contributed by atoms with Crippen molar-refractivity contribution in [3.05, 3.63) is 30.1 Å². The van der Waals surface area contributed by atoms with Crippen LogP contribution in [0.1, 0.15) is 24.0 Å². The molecule has 3 rings (SSSR count). The van der Waals surface area contributed by atoms with E-state index in [4.69, 9.17) is 9.47 Å². The van der Waals surface area contributed by atoms with Gasteiger partial charge in [-0.05, 0) is 48.9 Å². The van der Waals surface area contributed by atoms with Crippen LogP contribution in [0.3, 0.4) is 0 Å². The standard InChI is InChI=1S/C11H11O2/c1-2-4-9-6-11-10(12-7-13-11)5-8(9)3-1/h5-7H,1-4H2. The van der Waals surface area contributed by atoms with E-state index in [2.05, 4.69) is 12.1 Å². The second-order valence-corrected chi connectivity index (χ2v) is 3.61. The summed E-state index contributed by atoms with van der Waals surface area (Å²) in [5.74, 6) is 1.75. The van der Waals surface area contributed by atoms with Gasteiger partial charge in [-0.2, -0.15) is 0 Å². The van der Waals surface area contributed by atoms with E-state index in [0.29, 0.717) is 0 Å². The van der Waals surface area contributed by atoms with E-state index in [1.165, 1.54) is 43.6 Å². The van der Waals surface area contributed by atoms with Gasteiger partial charge in [0.25, 0.3) is 0 Å². The normalized spacial score (nSPS) is 18.5. The van der Waals surface area contributed by atoms with Crippen LogP contribution in [-0.4, -0.2) is 0 Å². The molecule has 0 bridgehead atoms. The number of fused-ring (bicyclic) bond motifs is 2. The van der Waals surface area contributed by atoms with Crippen molar-refractivity contribution in [2.75, 3.05) is 0 Å². The van der Waals surface area contributed by atoms with Gasteiger partial charge in [-0.15, -0.1) is 0 Å². The van der Waals surface area contributed by atoms with Crippen molar-refractivity contribution >= 4 is 0 Å². The topological polar surface area (TPSA) is 18.5 Å². The molecule has 0 unspecified atom stereocenters. The molecular formula is C11H11O2. The maximum absolute atomic E-state index is 5.22. The van der Waals surface area contributed by atoms with E-state index in [-0.39, 0.29) is 0 Å². The van der Waals surface area contributed by atoms with E-state index in [9.17, 15) is 0 Å². The van der Waals surface area contributed by atoms with Crippen LogP contribution in [0.4, 0.5) is 0 Å². The fourth-order valence-electron chi connectivity index (χ4n) is 2.05. The summed E-state index contributed by atoms with van der Waals surface area (Å²) in [6.07, 6.45) is 4.98. The highest BCUT2D eigenvalue weighted by atomic mass is 16.7. The predicted molar refractivity (Wildman–Crippen MR) is 48.6 cm³/mol. The predicted octanol–water partition coefficient (Wildman–Crippen LogP) is 2.46. The van der Waals surface area contributed by atoms with Crippen molar-refractivity contribution in [3.8, 4) is 11.5 Å². The highest BCUT2D eigenvalue weighted by Gasteiger charge is 2.19. The molecular weight excluding hydrogens is 164 g/mol. The van der Waals surface area contributed by atoms with Gasteiger partial charge in [0.2, 0.25) is 0 Å². The Morgan fingerprint density at radius 2 is 1.38 bits per heavy atom. The summed E-state index contributed by atoms with van der Waals surface area (Å²) in [6, 6.07) is 4.24. The number of hydrogen-bond donors (Lipinski definition) is 0. The van der Waals surface area contributed by atoms with Gasteiger partial charge in [-0.1, -0.05) is 0 Å². The molecule has 1 aromatic rings. The quantitative estimate of drug-likeness (QED) is 0.603. The van der Waals surface area contributed by atoms with Crippen LogP contribution in [0.5, 0.6) is 11.5 Å². The summed E-state index contributed by atoms with van der Waals surface area (Å²) in [5, 5.41) is 0. The lowest BCUT2D eigenvalue weighted by Gasteiger charge is -2.15. The van der Waals surface area contributed by atoms with Gasteiger partial charge in [-0.25, -0.2) is 0 Å². The summed E-state index contributed by atoms with van der Waals surface area (Å²) in [6.45, 7) is 1.40. The van der Waals surface area contributed by atoms with Gasteiger partial charge in [0.05, 0.1) is 0 Å². The summed E-state index contributed by atoms with van der Waals surface area (Å²) >= 11 is 0. The van der Waals surface area contributed by atoms with E-state index < -0.39 is 0 Å². The van der Waals surface area contributed by atoms with Crippen LogP contribution in [0.15, 0.2) is 12.1 Å². The SMILES string of the molecule is [CH]1Oc2cc3c(cc2O1)CCCC3. The first-order valence-electron chi connectivity index (χ1n) is 4.74. The van der Waals surface area contributed by atoms with Gasteiger partial charge < -0.3 is 9.47 Å². The lowest BCUT2D eigenvalue weighted by atomic mass is 9.91. The second kappa shape index (κ2) is 2.66. The summed E-state index contributed by atoms with van der Waals surface area (Å²) in [7, 11) is 0. The molecule has 13 heavy (non-hydrogen) atoms. The third kappa shape index (κ3) is 1.09. The molecule has 0 atom stereocenters. The minimum Gasteiger partial charge on any atom is -0.444 e. The van der Waals surface area contributed by atoms with Gasteiger partial charge in [-0.3, -0.25) is 0 Å². The van der Waals surface area contributed by atoms with Crippen molar-refractivity contribution in [2.45, 2.75) is 25.7 Å². The lowest BCUT2D eigenvalue weighted by molar-refractivity contribution is 0.270. The fourth-order valence-corrected chi connectivity index (χ4v) is 2.05. The Morgan fingerprint density at radius 1 is 0.846 bits per heavy atom. The lowest BCUT2D eigenvalue weighted by Crippen LogP contribution is -2.01. The van der Waals surface area contributed by atoms with Crippen LogP contribution < -0.4 is 9.47 Å². The smallest absolute Gasteiger partial charge is 0.316 e. The molecule has 1 radical (unpaired) electrons. The van der Waals surface area contributed by atoms with Gasteiger partial charge in [0.15, 0.2) is 11.5 Å².